The molecule has 1 aromatic carbocycles. The summed E-state index contributed by atoms with van der Waals surface area (Å²) >= 11 is 0. The van der Waals surface area contributed by atoms with E-state index in [1.165, 1.54) is 0 Å². The number of hydrogen-bond acceptors (Lipinski definition) is 3. The van der Waals surface area contributed by atoms with Crippen molar-refractivity contribution in [2.75, 3.05) is 0 Å². The van der Waals surface area contributed by atoms with Gasteiger partial charge in [0.05, 0.1) is 0 Å². The first kappa shape index (κ1) is 12.3. The van der Waals surface area contributed by atoms with Crippen molar-refractivity contribution in [3.05, 3.63) is 35.9 Å². The summed E-state index contributed by atoms with van der Waals surface area (Å²) in [6.07, 6.45) is 5.29. The summed E-state index contributed by atoms with van der Waals surface area (Å²) in [6, 6.07) is 9.42. The first-order chi connectivity index (χ1) is 7.56. The number of esters is 1. The van der Waals surface area contributed by atoms with Crippen LogP contribution in [-0.2, 0) is 16.1 Å². The van der Waals surface area contributed by atoms with E-state index in [9.17, 15) is 4.79 Å². The fourth-order valence-electron chi connectivity index (χ4n) is 1.17. The molecule has 2 N–H and O–H groups in total. The third-order valence-corrected chi connectivity index (χ3v) is 2.15. The van der Waals surface area contributed by atoms with Crippen LogP contribution < -0.4 is 5.73 Å². The van der Waals surface area contributed by atoms with E-state index in [1.807, 2.05) is 30.3 Å². The van der Waals surface area contributed by atoms with Gasteiger partial charge in [-0.3, -0.25) is 4.79 Å². The second-order valence-corrected chi connectivity index (χ2v) is 3.86. The molecule has 0 bridgehead atoms. The van der Waals surface area contributed by atoms with Crippen molar-refractivity contribution in [2.24, 2.45) is 5.73 Å². The number of terminal acetylenes is 1. The van der Waals surface area contributed by atoms with Crippen LogP contribution in [0, 0.1) is 12.3 Å². The molecule has 16 heavy (non-hydrogen) atoms. The van der Waals surface area contributed by atoms with Gasteiger partial charge in [-0.25, -0.2) is 0 Å². The Balaban J connectivity index is 2.51. The largest absolute Gasteiger partial charge is 0.459 e. The van der Waals surface area contributed by atoms with Crippen LogP contribution in [0.2, 0.25) is 0 Å². The summed E-state index contributed by atoms with van der Waals surface area (Å²) < 4.78 is 5.09. The molecule has 0 fully saturated rings. The van der Waals surface area contributed by atoms with Gasteiger partial charge in [-0.2, -0.15) is 0 Å². The number of carbonyl (C=O) groups excluding carboxylic acids is 1. The van der Waals surface area contributed by atoms with Crippen molar-refractivity contribution >= 4 is 5.97 Å². The Labute approximate surface area is 95.6 Å². The standard InChI is InChI=1S/C13H15NO2/c1-3-9-13(2,14)12(15)16-10-11-7-5-4-6-8-11/h1,4-8H,9-10,14H2,2H3. The van der Waals surface area contributed by atoms with Gasteiger partial charge in [0, 0.05) is 6.42 Å². The highest BCUT2D eigenvalue weighted by Gasteiger charge is 2.28. The summed E-state index contributed by atoms with van der Waals surface area (Å²) in [6.45, 7) is 1.79. The predicted octanol–water partition coefficient (Wildman–Crippen LogP) is 1.47. The molecule has 0 aliphatic heterocycles. The Morgan fingerprint density at radius 3 is 2.69 bits per heavy atom. The Bertz CT molecular complexity index is 390. The number of benzene rings is 1. The van der Waals surface area contributed by atoms with Crippen LogP contribution in [0.4, 0.5) is 0 Å². The SMILES string of the molecule is C#CCC(C)(N)C(=O)OCc1ccccc1. The maximum atomic E-state index is 11.6. The van der Waals surface area contributed by atoms with E-state index in [0.717, 1.165) is 5.56 Å². The molecule has 0 saturated carbocycles. The average Bonchev–Trinajstić information content (AvgIpc) is 2.27. The molecule has 0 heterocycles. The summed E-state index contributed by atoms with van der Waals surface area (Å²) in [5.41, 5.74) is 5.53. The summed E-state index contributed by atoms with van der Waals surface area (Å²) in [5, 5.41) is 0. The third-order valence-electron chi connectivity index (χ3n) is 2.15. The zero-order chi connectivity index (χ0) is 12.0. The van der Waals surface area contributed by atoms with Gasteiger partial charge in [0.2, 0.25) is 0 Å². The topological polar surface area (TPSA) is 52.3 Å². The van der Waals surface area contributed by atoms with Gasteiger partial charge in [-0.15, -0.1) is 12.3 Å². The van der Waals surface area contributed by atoms with E-state index in [-0.39, 0.29) is 13.0 Å². The van der Waals surface area contributed by atoms with Gasteiger partial charge in [0.1, 0.15) is 12.1 Å². The zero-order valence-electron chi connectivity index (χ0n) is 9.27. The van der Waals surface area contributed by atoms with Gasteiger partial charge in [-0.05, 0) is 12.5 Å². The van der Waals surface area contributed by atoms with E-state index in [2.05, 4.69) is 5.92 Å². The lowest BCUT2D eigenvalue weighted by molar-refractivity contribution is -0.150. The summed E-state index contributed by atoms with van der Waals surface area (Å²) in [5.74, 6) is 1.88. The molecule has 0 saturated heterocycles. The molecule has 3 heteroatoms. The molecule has 0 spiro atoms. The molecule has 1 aromatic rings. The minimum absolute atomic E-state index is 0.167. The molecule has 1 rings (SSSR count). The predicted molar refractivity (Wildman–Crippen MR) is 62.3 cm³/mol. The minimum atomic E-state index is -1.11. The van der Waals surface area contributed by atoms with Crippen LogP contribution in [-0.4, -0.2) is 11.5 Å². The second kappa shape index (κ2) is 5.34. The smallest absolute Gasteiger partial charge is 0.327 e. The molecule has 84 valence electrons. The van der Waals surface area contributed by atoms with E-state index in [4.69, 9.17) is 16.9 Å². The lowest BCUT2D eigenvalue weighted by Gasteiger charge is -2.19. The normalized spacial score (nSPS) is 13.6. The average molecular weight is 217 g/mol. The lowest BCUT2D eigenvalue weighted by atomic mass is 10.0. The van der Waals surface area contributed by atoms with Crippen LogP contribution in [0.25, 0.3) is 0 Å². The van der Waals surface area contributed by atoms with Crippen molar-refractivity contribution in [1.82, 2.24) is 0 Å². The van der Waals surface area contributed by atoms with E-state index >= 15 is 0 Å². The monoisotopic (exact) mass is 217 g/mol. The molecular formula is C13H15NO2. The van der Waals surface area contributed by atoms with Crippen molar-refractivity contribution in [3.63, 3.8) is 0 Å². The minimum Gasteiger partial charge on any atom is -0.459 e. The Morgan fingerprint density at radius 2 is 2.12 bits per heavy atom. The first-order valence-corrected chi connectivity index (χ1v) is 5.00. The zero-order valence-corrected chi connectivity index (χ0v) is 9.27. The molecule has 1 unspecified atom stereocenters. The molecule has 3 nitrogen and oxygen atoms in total. The molecular weight excluding hydrogens is 202 g/mol. The van der Waals surface area contributed by atoms with Crippen molar-refractivity contribution in [2.45, 2.75) is 25.5 Å². The second-order valence-electron chi connectivity index (χ2n) is 3.86. The number of rotatable bonds is 4. The number of carbonyl (C=O) groups is 1. The molecule has 0 aromatic heterocycles. The fourth-order valence-corrected chi connectivity index (χ4v) is 1.17. The van der Waals surface area contributed by atoms with Crippen molar-refractivity contribution < 1.29 is 9.53 Å². The first-order valence-electron chi connectivity index (χ1n) is 5.00. The van der Waals surface area contributed by atoms with Gasteiger partial charge in [0.25, 0.3) is 0 Å². The Hall–Kier alpha value is -1.79. The molecule has 0 radical (unpaired) electrons. The summed E-state index contributed by atoms with van der Waals surface area (Å²) in [4.78, 5) is 11.6. The van der Waals surface area contributed by atoms with E-state index in [0.29, 0.717) is 0 Å². The quantitative estimate of drug-likeness (QED) is 0.613. The fraction of sp³-hybridized carbons (Fsp3) is 0.308. The highest BCUT2D eigenvalue weighted by atomic mass is 16.5. The van der Waals surface area contributed by atoms with Gasteiger partial charge in [0.15, 0.2) is 0 Å². The molecule has 0 aliphatic rings. The summed E-state index contributed by atoms with van der Waals surface area (Å²) in [7, 11) is 0. The Kier molecular flexibility index (Phi) is 4.10. The third kappa shape index (κ3) is 3.41. The van der Waals surface area contributed by atoms with Gasteiger partial charge < -0.3 is 10.5 Å². The maximum absolute atomic E-state index is 11.6. The molecule has 1 atom stereocenters. The lowest BCUT2D eigenvalue weighted by Crippen LogP contribution is -2.45. The van der Waals surface area contributed by atoms with E-state index < -0.39 is 11.5 Å². The van der Waals surface area contributed by atoms with Crippen LogP contribution in [0.5, 0.6) is 0 Å². The number of nitrogens with two attached hydrogens (primary N) is 1. The highest BCUT2D eigenvalue weighted by Crippen LogP contribution is 2.09. The molecule has 0 aliphatic carbocycles. The van der Waals surface area contributed by atoms with Crippen LogP contribution in [0.15, 0.2) is 30.3 Å². The molecule has 0 amide bonds. The highest BCUT2D eigenvalue weighted by molar-refractivity contribution is 5.80. The van der Waals surface area contributed by atoms with Crippen LogP contribution in [0.1, 0.15) is 18.9 Å². The van der Waals surface area contributed by atoms with Crippen molar-refractivity contribution in [1.29, 1.82) is 0 Å². The van der Waals surface area contributed by atoms with Gasteiger partial charge in [-0.1, -0.05) is 30.3 Å². The van der Waals surface area contributed by atoms with Gasteiger partial charge >= 0.3 is 5.97 Å². The van der Waals surface area contributed by atoms with E-state index in [1.54, 1.807) is 6.92 Å². The Morgan fingerprint density at radius 1 is 1.50 bits per heavy atom. The van der Waals surface area contributed by atoms with Crippen LogP contribution in [0.3, 0.4) is 0 Å². The van der Waals surface area contributed by atoms with Crippen LogP contribution >= 0.6 is 0 Å². The van der Waals surface area contributed by atoms with Crippen molar-refractivity contribution in [3.8, 4) is 12.3 Å². The maximum Gasteiger partial charge on any atom is 0.327 e. The number of ether oxygens (including phenoxy) is 1. The number of hydrogen-bond donors (Lipinski definition) is 1.